The predicted octanol–water partition coefficient (Wildman–Crippen LogP) is 1.31. The maximum atomic E-state index is 12.0. The summed E-state index contributed by atoms with van der Waals surface area (Å²) in [5, 5.41) is 2.62. The maximum Gasteiger partial charge on any atom is 0.310 e. The van der Waals surface area contributed by atoms with Gasteiger partial charge in [0.1, 0.15) is 0 Å². The standard InChI is InChI=1S/C18H26N2O4/c1-13-5-7-15(8-6-13)9-10-16(21)19-11-17(22)20(3)12-14(2)18(23)24-4/h5-8,14H,9-12H2,1-4H3,(H,19,21)/t14-/m1/s1. The van der Waals surface area contributed by atoms with Crippen LogP contribution < -0.4 is 5.32 Å². The number of hydrogen-bond acceptors (Lipinski definition) is 4. The van der Waals surface area contributed by atoms with Crippen LogP contribution in [-0.2, 0) is 25.5 Å². The van der Waals surface area contributed by atoms with Crippen LogP contribution in [0.5, 0.6) is 0 Å². The van der Waals surface area contributed by atoms with Crippen LogP contribution in [0.2, 0.25) is 0 Å². The molecule has 1 aromatic carbocycles. The van der Waals surface area contributed by atoms with Crippen molar-refractivity contribution >= 4 is 17.8 Å². The van der Waals surface area contributed by atoms with Crippen LogP contribution in [0.4, 0.5) is 0 Å². The van der Waals surface area contributed by atoms with Crippen LogP contribution in [0.25, 0.3) is 0 Å². The highest BCUT2D eigenvalue weighted by atomic mass is 16.5. The summed E-state index contributed by atoms with van der Waals surface area (Å²) >= 11 is 0. The van der Waals surface area contributed by atoms with E-state index in [4.69, 9.17) is 0 Å². The van der Waals surface area contributed by atoms with Crippen molar-refractivity contribution in [3.05, 3.63) is 35.4 Å². The Morgan fingerprint density at radius 3 is 2.42 bits per heavy atom. The molecule has 132 valence electrons. The third-order valence-electron chi connectivity index (χ3n) is 3.78. The second-order valence-electron chi connectivity index (χ2n) is 5.96. The summed E-state index contributed by atoms with van der Waals surface area (Å²) in [4.78, 5) is 36.6. The van der Waals surface area contributed by atoms with Gasteiger partial charge in [0, 0.05) is 20.0 Å². The van der Waals surface area contributed by atoms with E-state index in [0.29, 0.717) is 12.8 Å². The van der Waals surface area contributed by atoms with Gasteiger partial charge < -0.3 is 15.0 Å². The van der Waals surface area contributed by atoms with Crippen molar-refractivity contribution in [1.82, 2.24) is 10.2 Å². The number of amides is 2. The van der Waals surface area contributed by atoms with E-state index >= 15 is 0 Å². The minimum Gasteiger partial charge on any atom is -0.469 e. The number of carbonyl (C=O) groups excluding carboxylic acids is 3. The average molecular weight is 334 g/mol. The third kappa shape index (κ3) is 6.81. The molecule has 0 heterocycles. The normalized spacial score (nSPS) is 11.5. The van der Waals surface area contributed by atoms with Crippen LogP contribution in [0, 0.1) is 12.8 Å². The summed E-state index contributed by atoms with van der Waals surface area (Å²) < 4.78 is 4.63. The second kappa shape index (κ2) is 9.70. The van der Waals surface area contributed by atoms with Gasteiger partial charge in [-0.2, -0.15) is 0 Å². The summed E-state index contributed by atoms with van der Waals surface area (Å²) in [5.41, 5.74) is 2.27. The summed E-state index contributed by atoms with van der Waals surface area (Å²) in [7, 11) is 2.91. The fraction of sp³-hybridized carbons (Fsp3) is 0.500. The van der Waals surface area contributed by atoms with Gasteiger partial charge in [-0.05, 0) is 18.9 Å². The van der Waals surface area contributed by atoms with Crippen molar-refractivity contribution in [2.24, 2.45) is 5.92 Å². The van der Waals surface area contributed by atoms with Crippen molar-refractivity contribution in [2.45, 2.75) is 26.7 Å². The number of esters is 1. The number of carbonyl (C=O) groups is 3. The molecule has 0 unspecified atom stereocenters. The molecule has 0 radical (unpaired) electrons. The number of hydrogen-bond donors (Lipinski definition) is 1. The highest BCUT2D eigenvalue weighted by Gasteiger charge is 2.18. The van der Waals surface area contributed by atoms with Gasteiger partial charge in [0.25, 0.3) is 0 Å². The minimum atomic E-state index is -0.402. The van der Waals surface area contributed by atoms with Gasteiger partial charge >= 0.3 is 5.97 Å². The number of likely N-dealkylation sites (N-methyl/N-ethyl adjacent to an activating group) is 1. The molecule has 24 heavy (non-hydrogen) atoms. The molecule has 1 aromatic rings. The molecule has 0 aliphatic carbocycles. The SMILES string of the molecule is COC(=O)[C@H](C)CN(C)C(=O)CNC(=O)CCc1ccc(C)cc1. The summed E-state index contributed by atoms with van der Waals surface area (Å²) in [6.07, 6.45) is 0.966. The van der Waals surface area contributed by atoms with Gasteiger partial charge in [0.15, 0.2) is 0 Å². The summed E-state index contributed by atoms with van der Waals surface area (Å²) in [5.74, 6) is -1.18. The lowest BCUT2D eigenvalue weighted by molar-refractivity contribution is -0.146. The molecule has 0 aromatic heterocycles. The van der Waals surface area contributed by atoms with Gasteiger partial charge in [-0.3, -0.25) is 14.4 Å². The molecule has 6 heteroatoms. The van der Waals surface area contributed by atoms with E-state index in [9.17, 15) is 14.4 Å². The molecular formula is C18H26N2O4. The Kier molecular flexibility index (Phi) is 7.95. The monoisotopic (exact) mass is 334 g/mol. The van der Waals surface area contributed by atoms with E-state index in [1.807, 2.05) is 31.2 Å². The number of nitrogens with zero attached hydrogens (tertiary/aromatic N) is 1. The second-order valence-corrected chi connectivity index (χ2v) is 5.96. The Morgan fingerprint density at radius 2 is 1.83 bits per heavy atom. The molecule has 0 aliphatic heterocycles. The van der Waals surface area contributed by atoms with E-state index in [2.05, 4.69) is 10.1 Å². The van der Waals surface area contributed by atoms with Crippen LogP contribution in [0.15, 0.2) is 24.3 Å². The lowest BCUT2D eigenvalue weighted by Gasteiger charge is -2.20. The molecule has 0 saturated heterocycles. The molecule has 1 rings (SSSR count). The van der Waals surface area contributed by atoms with Crippen LogP contribution in [0.1, 0.15) is 24.5 Å². The van der Waals surface area contributed by atoms with Crippen molar-refractivity contribution in [2.75, 3.05) is 27.2 Å². The Morgan fingerprint density at radius 1 is 1.21 bits per heavy atom. The third-order valence-corrected chi connectivity index (χ3v) is 3.78. The molecular weight excluding hydrogens is 308 g/mol. The van der Waals surface area contributed by atoms with E-state index in [-0.39, 0.29) is 30.9 Å². The number of rotatable bonds is 8. The zero-order chi connectivity index (χ0) is 18.1. The fourth-order valence-electron chi connectivity index (χ4n) is 2.20. The van der Waals surface area contributed by atoms with Gasteiger partial charge in [-0.15, -0.1) is 0 Å². The minimum absolute atomic E-state index is 0.0723. The van der Waals surface area contributed by atoms with Crippen molar-refractivity contribution in [3.8, 4) is 0 Å². The fourth-order valence-corrected chi connectivity index (χ4v) is 2.20. The smallest absolute Gasteiger partial charge is 0.310 e. The summed E-state index contributed by atoms with van der Waals surface area (Å²) in [6.45, 7) is 3.89. The molecule has 2 amide bonds. The number of methoxy groups -OCH3 is 1. The highest BCUT2D eigenvalue weighted by Crippen LogP contribution is 2.05. The lowest BCUT2D eigenvalue weighted by Crippen LogP contribution is -2.41. The van der Waals surface area contributed by atoms with E-state index in [1.54, 1.807) is 14.0 Å². The van der Waals surface area contributed by atoms with Crippen molar-refractivity contribution in [1.29, 1.82) is 0 Å². The van der Waals surface area contributed by atoms with Crippen LogP contribution in [0.3, 0.4) is 0 Å². The van der Waals surface area contributed by atoms with Gasteiger partial charge in [-0.25, -0.2) is 0 Å². The Bertz CT molecular complexity index is 569. The number of ether oxygens (including phenoxy) is 1. The van der Waals surface area contributed by atoms with Crippen molar-refractivity contribution in [3.63, 3.8) is 0 Å². The topological polar surface area (TPSA) is 75.7 Å². The van der Waals surface area contributed by atoms with Crippen molar-refractivity contribution < 1.29 is 19.1 Å². The van der Waals surface area contributed by atoms with Crippen LogP contribution in [-0.4, -0.2) is 49.9 Å². The molecule has 0 aliphatic rings. The predicted molar refractivity (Wildman–Crippen MR) is 91.3 cm³/mol. The Hall–Kier alpha value is -2.37. The first-order valence-corrected chi connectivity index (χ1v) is 7.97. The lowest BCUT2D eigenvalue weighted by atomic mass is 10.1. The van der Waals surface area contributed by atoms with Crippen LogP contribution >= 0.6 is 0 Å². The van der Waals surface area contributed by atoms with E-state index in [1.165, 1.54) is 17.6 Å². The zero-order valence-corrected chi connectivity index (χ0v) is 14.8. The molecule has 0 fully saturated rings. The largest absolute Gasteiger partial charge is 0.469 e. The highest BCUT2D eigenvalue weighted by molar-refractivity contribution is 5.85. The van der Waals surface area contributed by atoms with Gasteiger partial charge in [0.2, 0.25) is 11.8 Å². The molecule has 0 saturated carbocycles. The average Bonchev–Trinajstić information content (AvgIpc) is 2.58. The van der Waals surface area contributed by atoms with Gasteiger partial charge in [0.05, 0.1) is 19.6 Å². The molecule has 1 atom stereocenters. The first-order valence-electron chi connectivity index (χ1n) is 7.97. The summed E-state index contributed by atoms with van der Waals surface area (Å²) in [6, 6.07) is 8.01. The Labute approximate surface area is 143 Å². The molecule has 0 bridgehead atoms. The molecule has 1 N–H and O–H groups in total. The Balaban J connectivity index is 2.31. The number of aryl methyl sites for hydroxylation is 2. The van der Waals surface area contributed by atoms with Gasteiger partial charge in [-0.1, -0.05) is 36.8 Å². The number of nitrogens with one attached hydrogen (secondary N) is 1. The van der Waals surface area contributed by atoms with E-state index in [0.717, 1.165) is 5.56 Å². The first kappa shape index (κ1) is 19.7. The molecule has 6 nitrogen and oxygen atoms in total. The van der Waals surface area contributed by atoms with E-state index < -0.39 is 5.92 Å². The number of benzene rings is 1. The molecule has 0 spiro atoms. The zero-order valence-electron chi connectivity index (χ0n) is 14.8. The first-order chi connectivity index (χ1) is 11.3. The maximum absolute atomic E-state index is 12.0. The quantitative estimate of drug-likeness (QED) is 0.727.